The number of rotatable bonds is 2. The Balaban J connectivity index is 2.14. The van der Waals surface area contributed by atoms with Gasteiger partial charge in [-0.1, -0.05) is 18.2 Å². The summed E-state index contributed by atoms with van der Waals surface area (Å²) in [6.07, 6.45) is 3.28. The minimum absolute atomic E-state index is 0.0375. The lowest BCUT2D eigenvalue weighted by atomic mass is 10.0. The van der Waals surface area contributed by atoms with E-state index < -0.39 is 0 Å². The van der Waals surface area contributed by atoms with Gasteiger partial charge in [0.1, 0.15) is 0 Å². The standard InChI is InChI=1S/C14H9NOS/c16-14(10-4-3-7-15-8-10)12-9-17-13-6-2-1-5-11(12)13/h1-9H. The van der Waals surface area contributed by atoms with Crippen LogP contribution < -0.4 is 0 Å². The van der Waals surface area contributed by atoms with Crippen LogP contribution in [-0.2, 0) is 0 Å². The summed E-state index contributed by atoms with van der Waals surface area (Å²) in [4.78, 5) is 16.3. The van der Waals surface area contributed by atoms with Crippen molar-refractivity contribution >= 4 is 27.2 Å². The number of nitrogens with zero attached hydrogens (tertiary/aromatic N) is 1. The van der Waals surface area contributed by atoms with E-state index in [-0.39, 0.29) is 5.78 Å². The molecule has 3 heteroatoms. The molecule has 0 aliphatic carbocycles. The highest BCUT2D eigenvalue weighted by atomic mass is 32.1. The van der Waals surface area contributed by atoms with Crippen LogP contribution in [0.4, 0.5) is 0 Å². The molecule has 0 spiro atoms. The maximum atomic E-state index is 12.3. The van der Waals surface area contributed by atoms with Gasteiger partial charge in [-0.25, -0.2) is 0 Å². The Morgan fingerprint density at radius 2 is 2.00 bits per heavy atom. The van der Waals surface area contributed by atoms with Gasteiger partial charge in [0.05, 0.1) is 0 Å². The summed E-state index contributed by atoms with van der Waals surface area (Å²) in [5.41, 5.74) is 1.40. The molecule has 0 fully saturated rings. The van der Waals surface area contributed by atoms with Gasteiger partial charge in [-0.2, -0.15) is 0 Å². The van der Waals surface area contributed by atoms with Crippen molar-refractivity contribution in [2.75, 3.05) is 0 Å². The molecule has 0 saturated carbocycles. The van der Waals surface area contributed by atoms with E-state index in [1.807, 2.05) is 29.6 Å². The number of benzene rings is 1. The fourth-order valence-electron chi connectivity index (χ4n) is 1.81. The molecule has 0 bridgehead atoms. The first-order chi connectivity index (χ1) is 8.36. The Kier molecular flexibility index (Phi) is 2.46. The summed E-state index contributed by atoms with van der Waals surface area (Å²) < 4.78 is 1.14. The summed E-state index contributed by atoms with van der Waals surface area (Å²) in [5.74, 6) is 0.0375. The maximum Gasteiger partial charge on any atom is 0.196 e. The zero-order chi connectivity index (χ0) is 11.7. The number of aromatic nitrogens is 1. The summed E-state index contributed by atoms with van der Waals surface area (Å²) in [6.45, 7) is 0. The summed E-state index contributed by atoms with van der Waals surface area (Å²) >= 11 is 1.60. The van der Waals surface area contributed by atoms with Crippen molar-refractivity contribution in [2.24, 2.45) is 0 Å². The second-order valence-electron chi connectivity index (χ2n) is 3.72. The van der Waals surface area contributed by atoms with Gasteiger partial charge >= 0.3 is 0 Å². The van der Waals surface area contributed by atoms with Crippen molar-refractivity contribution in [1.29, 1.82) is 0 Å². The van der Waals surface area contributed by atoms with Crippen LogP contribution in [0.15, 0.2) is 54.2 Å². The highest BCUT2D eigenvalue weighted by molar-refractivity contribution is 7.17. The topological polar surface area (TPSA) is 30.0 Å². The Bertz CT molecular complexity index is 673. The van der Waals surface area contributed by atoms with Crippen molar-refractivity contribution in [3.8, 4) is 0 Å². The van der Waals surface area contributed by atoms with Crippen molar-refractivity contribution in [1.82, 2.24) is 4.98 Å². The first-order valence-corrected chi connectivity index (χ1v) is 6.15. The second kappa shape index (κ2) is 4.11. The first kappa shape index (κ1) is 10.2. The normalized spacial score (nSPS) is 10.6. The van der Waals surface area contributed by atoms with E-state index in [0.29, 0.717) is 5.56 Å². The molecule has 0 amide bonds. The van der Waals surface area contributed by atoms with E-state index in [9.17, 15) is 4.79 Å². The minimum Gasteiger partial charge on any atom is -0.288 e. The molecule has 0 radical (unpaired) electrons. The molecule has 17 heavy (non-hydrogen) atoms. The number of thiophene rings is 1. The van der Waals surface area contributed by atoms with Gasteiger partial charge in [-0.05, 0) is 18.2 Å². The fraction of sp³-hybridized carbons (Fsp3) is 0. The molecule has 82 valence electrons. The molecule has 0 unspecified atom stereocenters. The number of carbonyl (C=O) groups is 1. The van der Waals surface area contributed by atoms with E-state index in [1.54, 1.807) is 35.9 Å². The molecule has 2 nitrogen and oxygen atoms in total. The SMILES string of the molecule is O=C(c1cccnc1)c1csc2ccccc12. The Labute approximate surface area is 103 Å². The molecule has 0 N–H and O–H groups in total. The van der Waals surface area contributed by atoms with Crippen LogP contribution >= 0.6 is 11.3 Å². The van der Waals surface area contributed by atoms with Crippen molar-refractivity contribution in [3.05, 3.63) is 65.3 Å². The Hall–Kier alpha value is -2.00. The second-order valence-corrected chi connectivity index (χ2v) is 4.63. The minimum atomic E-state index is 0.0375. The predicted molar refractivity (Wildman–Crippen MR) is 69.5 cm³/mol. The number of carbonyl (C=O) groups excluding carboxylic acids is 1. The predicted octanol–water partition coefficient (Wildman–Crippen LogP) is 3.53. The van der Waals surface area contributed by atoms with Crippen LogP contribution in [0.2, 0.25) is 0 Å². The number of fused-ring (bicyclic) bond motifs is 1. The van der Waals surface area contributed by atoms with Crippen molar-refractivity contribution in [2.45, 2.75) is 0 Å². The molecule has 0 aliphatic heterocycles. The fourth-order valence-corrected chi connectivity index (χ4v) is 2.75. The van der Waals surface area contributed by atoms with Gasteiger partial charge in [0.25, 0.3) is 0 Å². The highest BCUT2D eigenvalue weighted by Crippen LogP contribution is 2.27. The Morgan fingerprint density at radius 3 is 2.82 bits per heavy atom. The van der Waals surface area contributed by atoms with Crippen molar-refractivity contribution < 1.29 is 4.79 Å². The van der Waals surface area contributed by atoms with Crippen LogP contribution in [-0.4, -0.2) is 10.8 Å². The van der Waals surface area contributed by atoms with Gasteiger partial charge in [0.15, 0.2) is 5.78 Å². The molecule has 0 saturated heterocycles. The largest absolute Gasteiger partial charge is 0.288 e. The average molecular weight is 239 g/mol. The smallest absolute Gasteiger partial charge is 0.196 e. The van der Waals surface area contributed by atoms with E-state index in [1.165, 1.54) is 0 Å². The van der Waals surface area contributed by atoms with Gasteiger partial charge in [-0.3, -0.25) is 9.78 Å². The van der Waals surface area contributed by atoms with Gasteiger partial charge < -0.3 is 0 Å². The summed E-state index contributed by atoms with van der Waals surface area (Å²) in [7, 11) is 0. The number of hydrogen-bond acceptors (Lipinski definition) is 3. The van der Waals surface area contributed by atoms with Gasteiger partial charge in [0, 0.05) is 39.0 Å². The third-order valence-corrected chi connectivity index (χ3v) is 3.61. The van der Waals surface area contributed by atoms with Crippen LogP contribution in [0.25, 0.3) is 10.1 Å². The van der Waals surface area contributed by atoms with Gasteiger partial charge in [0.2, 0.25) is 0 Å². The lowest BCUT2D eigenvalue weighted by Crippen LogP contribution is -2.00. The maximum absolute atomic E-state index is 12.3. The molecule has 0 aliphatic rings. The molecule has 2 heterocycles. The van der Waals surface area contributed by atoms with Crippen LogP contribution in [0, 0.1) is 0 Å². The molecule has 2 aromatic heterocycles. The number of hydrogen-bond donors (Lipinski definition) is 0. The average Bonchev–Trinajstić information content (AvgIpc) is 2.83. The molecular formula is C14H9NOS. The third kappa shape index (κ3) is 1.74. The summed E-state index contributed by atoms with van der Waals surface area (Å²) in [5, 5.41) is 2.94. The van der Waals surface area contributed by atoms with E-state index in [2.05, 4.69) is 4.98 Å². The number of pyridine rings is 1. The highest BCUT2D eigenvalue weighted by Gasteiger charge is 2.13. The Morgan fingerprint density at radius 1 is 1.12 bits per heavy atom. The quantitative estimate of drug-likeness (QED) is 0.640. The molecule has 3 rings (SSSR count). The van der Waals surface area contributed by atoms with E-state index in [0.717, 1.165) is 15.6 Å². The molecular weight excluding hydrogens is 230 g/mol. The lowest BCUT2D eigenvalue weighted by molar-refractivity contribution is 0.104. The lowest BCUT2D eigenvalue weighted by Gasteiger charge is -1.98. The monoisotopic (exact) mass is 239 g/mol. The van der Waals surface area contributed by atoms with E-state index in [4.69, 9.17) is 0 Å². The zero-order valence-corrected chi connectivity index (χ0v) is 9.78. The molecule has 0 atom stereocenters. The third-order valence-electron chi connectivity index (χ3n) is 2.65. The van der Waals surface area contributed by atoms with Crippen LogP contribution in [0.3, 0.4) is 0 Å². The van der Waals surface area contributed by atoms with E-state index >= 15 is 0 Å². The first-order valence-electron chi connectivity index (χ1n) is 5.27. The summed E-state index contributed by atoms with van der Waals surface area (Å²) in [6, 6.07) is 11.5. The van der Waals surface area contributed by atoms with Crippen LogP contribution in [0.5, 0.6) is 0 Å². The zero-order valence-electron chi connectivity index (χ0n) is 8.96. The van der Waals surface area contributed by atoms with Crippen LogP contribution in [0.1, 0.15) is 15.9 Å². The molecule has 1 aromatic carbocycles. The number of ketones is 1. The van der Waals surface area contributed by atoms with Gasteiger partial charge in [-0.15, -0.1) is 11.3 Å². The van der Waals surface area contributed by atoms with Crippen molar-refractivity contribution in [3.63, 3.8) is 0 Å². The molecule has 3 aromatic rings.